The molecule has 2 rings (SSSR count). The number of nitriles is 1. The average molecular weight is 245 g/mol. The summed E-state index contributed by atoms with van der Waals surface area (Å²) in [6.45, 7) is 4.70. The van der Waals surface area contributed by atoms with E-state index in [-0.39, 0.29) is 6.04 Å². The second kappa shape index (κ2) is 6.34. The van der Waals surface area contributed by atoms with Crippen LogP contribution < -0.4 is 10.2 Å². The lowest BCUT2D eigenvalue weighted by Crippen LogP contribution is -2.50. The molecule has 0 saturated carbocycles. The highest BCUT2D eigenvalue weighted by Crippen LogP contribution is 2.12. The number of hydrogen-bond acceptors (Lipinski definition) is 5. The molecular weight excluding hydrogens is 226 g/mol. The average Bonchev–Trinajstić information content (AvgIpc) is 2.46. The van der Waals surface area contributed by atoms with Crippen LogP contribution in [0.25, 0.3) is 0 Å². The Hall–Kier alpha value is -1.64. The summed E-state index contributed by atoms with van der Waals surface area (Å²) in [5.74, 6) is 1.04. The van der Waals surface area contributed by atoms with Crippen LogP contribution in [-0.4, -0.2) is 55.7 Å². The third-order valence-electron chi connectivity index (χ3n) is 3.29. The van der Waals surface area contributed by atoms with Crippen molar-refractivity contribution in [2.45, 2.75) is 6.04 Å². The Kier molecular flexibility index (Phi) is 4.51. The van der Waals surface area contributed by atoms with Gasteiger partial charge in [0, 0.05) is 38.9 Å². The lowest BCUT2D eigenvalue weighted by Gasteiger charge is -2.36. The van der Waals surface area contributed by atoms with Crippen LogP contribution in [0.4, 0.5) is 5.82 Å². The normalized spacial score (nSPS) is 18.3. The number of hydrogen-bond donors (Lipinski definition) is 1. The summed E-state index contributed by atoms with van der Waals surface area (Å²) in [6.07, 6.45) is 1.83. The zero-order chi connectivity index (χ0) is 12.8. The van der Waals surface area contributed by atoms with Crippen molar-refractivity contribution in [3.8, 4) is 6.07 Å². The minimum absolute atomic E-state index is 0.0774. The van der Waals surface area contributed by atoms with Gasteiger partial charge in [0.2, 0.25) is 0 Å². The lowest BCUT2D eigenvalue weighted by atomic mass is 10.2. The van der Waals surface area contributed by atoms with E-state index in [1.54, 1.807) is 0 Å². The first kappa shape index (κ1) is 12.8. The molecule has 1 atom stereocenters. The molecule has 1 N–H and O–H groups in total. The van der Waals surface area contributed by atoms with Crippen molar-refractivity contribution < 1.29 is 0 Å². The summed E-state index contributed by atoms with van der Waals surface area (Å²) >= 11 is 0. The number of pyridine rings is 1. The quantitative estimate of drug-likeness (QED) is 0.827. The number of nitrogens with zero attached hydrogens (tertiary/aromatic N) is 4. The number of rotatable bonds is 4. The highest BCUT2D eigenvalue weighted by molar-refractivity contribution is 5.38. The Morgan fingerprint density at radius 1 is 1.39 bits per heavy atom. The van der Waals surface area contributed by atoms with Crippen molar-refractivity contribution in [1.82, 2.24) is 15.2 Å². The third kappa shape index (κ3) is 3.19. The Balaban J connectivity index is 1.83. The maximum Gasteiger partial charge on any atom is 0.128 e. The van der Waals surface area contributed by atoms with Crippen molar-refractivity contribution in [2.75, 3.05) is 44.7 Å². The molecule has 5 heteroatoms. The highest BCUT2D eigenvalue weighted by atomic mass is 15.3. The van der Waals surface area contributed by atoms with Crippen LogP contribution in [0.2, 0.25) is 0 Å². The van der Waals surface area contributed by atoms with Gasteiger partial charge in [-0.1, -0.05) is 6.07 Å². The first-order valence-corrected chi connectivity index (χ1v) is 6.28. The van der Waals surface area contributed by atoms with E-state index in [2.05, 4.69) is 26.2 Å². The van der Waals surface area contributed by atoms with Crippen molar-refractivity contribution in [2.24, 2.45) is 0 Å². The van der Waals surface area contributed by atoms with Crippen molar-refractivity contribution in [1.29, 1.82) is 5.26 Å². The molecule has 1 saturated heterocycles. The van der Waals surface area contributed by atoms with Gasteiger partial charge in [-0.25, -0.2) is 4.98 Å². The number of anilines is 1. The number of likely N-dealkylation sites (N-methyl/N-ethyl adjacent to an activating group) is 1. The van der Waals surface area contributed by atoms with Crippen LogP contribution in [0, 0.1) is 11.3 Å². The molecule has 1 aromatic rings. The van der Waals surface area contributed by atoms with Gasteiger partial charge in [0.05, 0.1) is 6.07 Å². The molecule has 1 aliphatic heterocycles. The first-order chi connectivity index (χ1) is 8.83. The van der Waals surface area contributed by atoms with Gasteiger partial charge in [0.25, 0.3) is 0 Å². The van der Waals surface area contributed by atoms with Crippen LogP contribution in [-0.2, 0) is 0 Å². The standard InChI is InChI=1S/C13H19N5/c1-15-12(10-14)11-17-6-8-18(9-7-17)13-4-2-3-5-16-13/h2-5,12,15H,6-9,11H2,1H3. The van der Waals surface area contributed by atoms with Crippen LogP contribution >= 0.6 is 0 Å². The molecule has 1 fully saturated rings. The molecule has 0 bridgehead atoms. The summed E-state index contributed by atoms with van der Waals surface area (Å²) < 4.78 is 0. The fourth-order valence-corrected chi connectivity index (χ4v) is 2.16. The fourth-order valence-electron chi connectivity index (χ4n) is 2.16. The molecule has 18 heavy (non-hydrogen) atoms. The maximum absolute atomic E-state index is 8.93. The van der Waals surface area contributed by atoms with Gasteiger partial charge in [0.15, 0.2) is 0 Å². The van der Waals surface area contributed by atoms with Gasteiger partial charge in [0.1, 0.15) is 11.9 Å². The molecule has 5 nitrogen and oxygen atoms in total. The molecule has 0 radical (unpaired) electrons. The van der Waals surface area contributed by atoms with E-state index in [1.165, 1.54) is 0 Å². The Labute approximate surface area is 108 Å². The summed E-state index contributed by atoms with van der Waals surface area (Å²) in [6, 6.07) is 8.18. The minimum Gasteiger partial charge on any atom is -0.354 e. The second-order valence-electron chi connectivity index (χ2n) is 4.45. The van der Waals surface area contributed by atoms with Crippen molar-refractivity contribution in [3.63, 3.8) is 0 Å². The first-order valence-electron chi connectivity index (χ1n) is 6.28. The number of piperazine rings is 1. The molecule has 1 aliphatic rings. The van der Waals surface area contributed by atoms with Gasteiger partial charge >= 0.3 is 0 Å². The molecule has 2 heterocycles. The van der Waals surface area contributed by atoms with E-state index in [9.17, 15) is 0 Å². The van der Waals surface area contributed by atoms with Crippen LogP contribution in [0.3, 0.4) is 0 Å². The number of nitrogens with one attached hydrogen (secondary N) is 1. The zero-order valence-corrected chi connectivity index (χ0v) is 10.7. The van der Waals surface area contributed by atoms with E-state index >= 15 is 0 Å². The summed E-state index contributed by atoms with van der Waals surface area (Å²) in [7, 11) is 1.83. The molecule has 96 valence electrons. The highest BCUT2D eigenvalue weighted by Gasteiger charge is 2.19. The molecule has 0 aliphatic carbocycles. The van der Waals surface area contributed by atoms with Crippen molar-refractivity contribution >= 4 is 5.82 Å². The number of aromatic nitrogens is 1. The van der Waals surface area contributed by atoms with Gasteiger partial charge in [-0.2, -0.15) is 5.26 Å². The molecule has 0 amide bonds. The lowest BCUT2D eigenvalue weighted by molar-refractivity contribution is 0.246. The maximum atomic E-state index is 8.93. The van der Waals surface area contributed by atoms with E-state index in [4.69, 9.17) is 5.26 Å². The molecule has 1 unspecified atom stereocenters. The predicted octanol–water partition coefficient (Wildman–Crippen LogP) is 0.315. The van der Waals surface area contributed by atoms with E-state index in [1.807, 2.05) is 31.4 Å². The van der Waals surface area contributed by atoms with E-state index < -0.39 is 0 Å². The van der Waals surface area contributed by atoms with E-state index in [0.717, 1.165) is 38.5 Å². The zero-order valence-electron chi connectivity index (χ0n) is 10.7. The van der Waals surface area contributed by atoms with Gasteiger partial charge in [-0.3, -0.25) is 4.90 Å². The molecular formula is C13H19N5. The Morgan fingerprint density at radius 2 is 2.17 bits per heavy atom. The largest absolute Gasteiger partial charge is 0.354 e. The smallest absolute Gasteiger partial charge is 0.128 e. The summed E-state index contributed by atoms with van der Waals surface area (Å²) in [5, 5.41) is 11.9. The van der Waals surface area contributed by atoms with Gasteiger partial charge < -0.3 is 10.2 Å². The monoisotopic (exact) mass is 245 g/mol. The third-order valence-corrected chi connectivity index (χ3v) is 3.29. The van der Waals surface area contributed by atoms with E-state index in [0.29, 0.717) is 0 Å². The molecule has 1 aromatic heterocycles. The van der Waals surface area contributed by atoms with Crippen LogP contribution in [0.1, 0.15) is 0 Å². The van der Waals surface area contributed by atoms with Crippen LogP contribution in [0.15, 0.2) is 24.4 Å². The fraction of sp³-hybridized carbons (Fsp3) is 0.538. The van der Waals surface area contributed by atoms with Gasteiger partial charge in [-0.05, 0) is 19.2 Å². The SMILES string of the molecule is CNC(C#N)CN1CCN(c2ccccn2)CC1. The minimum atomic E-state index is -0.0774. The Bertz CT molecular complexity index is 392. The predicted molar refractivity (Wildman–Crippen MR) is 71.4 cm³/mol. The van der Waals surface area contributed by atoms with Crippen molar-refractivity contribution in [3.05, 3.63) is 24.4 Å². The topological polar surface area (TPSA) is 55.2 Å². The Morgan fingerprint density at radius 3 is 2.72 bits per heavy atom. The van der Waals surface area contributed by atoms with Crippen LogP contribution in [0.5, 0.6) is 0 Å². The molecule has 0 spiro atoms. The summed E-state index contributed by atoms with van der Waals surface area (Å²) in [5.41, 5.74) is 0. The van der Waals surface area contributed by atoms with Gasteiger partial charge in [-0.15, -0.1) is 0 Å². The summed E-state index contributed by atoms with van der Waals surface area (Å²) in [4.78, 5) is 8.98. The molecule has 0 aromatic carbocycles. The second-order valence-corrected chi connectivity index (χ2v) is 4.45.